The van der Waals surface area contributed by atoms with Crippen LogP contribution in [0.5, 0.6) is 11.5 Å². The van der Waals surface area contributed by atoms with Gasteiger partial charge in [0.05, 0.1) is 25.6 Å². The molecule has 0 bridgehead atoms. The molecule has 7 rings (SSSR count). The number of nitrogens with one attached hydrogen (secondary N) is 2. The Kier molecular flexibility index (Phi) is 8.17. The molecule has 2 N–H and O–H groups in total. The zero-order valence-electron chi connectivity index (χ0n) is 27.0. The summed E-state index contributed by atoms with van der Waals surface area (Å²) in [6, 6.07) is 33.6. The van der Waals surface area contributed by atoms with E-state index in [1.54, 1.807) is 38.5 Å². The first-order valence-electron chi connectivity index (χ1n) is 15.7. The maximum atomic E-state index is 15.0. The van der Waals surface area contributed by atoms with Gasteiger partial charge >= 0.3 is 0 Å². The second-order valence-electron chi connectivity index (χ2n) is 11.9. The molecule has 4 aromatic carbocycles. The van der Waals surface area contributed by atoms with Crippen LogP contribution in [0.4, 0.5) is 0 Å². The van der Waals surface area contributed by atoms with Crippen molar-refractivity contribution in [2.75, 3.05) is 14.2 Å². The fourth-order valence-electron chi connectivity index (χ4n) is 7.21. The van der Waals surface area contributed by atoms with Crippen molar-refractivity contribution in [3.63, 3.8) is 0 Å². The van der Waals surface area contributed by atoms with E-state index in [2.05, 4.69) is 10.6 Å². The van der Waals surface area contributed by atoms with Crippen LogP contribution in [0.3, 0.4) is 0 Å². The molecule has 2 amide bonds. The Hall–Kier alpha value is -5.87. The lowest BCUT2D eigenvalue weighted by molar-refractivity contribution is -0.145. The molecular weight excluding hydrogens is 637 g/mol. The maximum Gasteiger partial charge on any atom is 0.244 e. The van der Waals surface area contributed by atoms with Crippen LogP contribution in [-0.4, -0.2) is 46.8 Å². The Bertz CT molecular complexity index is 2100. The summed E-state index contributed by atoms with van der Waals surface area (Å²) >= 11 is 5.37. The predicted octanol–water partition coefficient (Wildman–Crippen LogP) is 6.21. The second kappa shape index (κ2) is 12.6. The van der Waals surface area contributed by atoms with Gasteiger partial charge in [-0.15, -0.1) is 0 Å². The number of hydrogen-bond acceptors (Lipinski definition) is 7. The van der Waals surface area contributed by atoms with Gasteiger partial charge in [-0.3, -0.25) is 14.4 Å². The van der Waals surface area contributed by atoms with Crippen LogP contribution in [0.15, 0.2) is 109 Å². The first-order valence-corrected chi connectivity index (χ1v) is 16.1. The van der Waals surface area contributed by atoms with E-state index in [4.69, 9.17) is 26.8 Å². The smallest absolute Gasteiger partial charge is 0.244 e. The summed E-state index contributed by atoms with van der Waals surface area (Å²) in [5.74, 6) is -2.09. The zero-order valence-corrected chi connectivity index (χ0v) is 27.8. The van der Waals surface area contributed by atoms with Crippen molar-refractivity contribution in [2.24, 2.45) is 5.41 Å². The number of ether oxygens (including phenoxy) is 2. The molecule has 0 radical (unpaired) electrons. The molecule has 1 spiro atoms. The molecule has 10 heteroatoms. The lowest BCUT2D eigenvalue weighted by Crippen LogP contribution is -2.67. The number of benzene rings is 4. The number of thiocarbonyl (C=S) groups is 1. The van der Waals surface area contributed by atoms with Crippen LogP contribution in [0, 0.1) is 5.41 Å². The van der Waals surface area contributed by atoms with E-state index in [1.165, 1.54) is 11.6 Å². The highest BCUT2D eigenvalue weighted by atomic mass is 32.1. The minimum atomic E-state index is -1.85. The number of aromatic nitrogens is 2. The van der Waals surface area contributed by atoms with E-state index >= 15 is 0 Å². The number of fused-ring (bicyclic) bond motifs is 1. The highest BCUT2D eigenvalue weighted by molar-refractivity contribution is 7.80. The first-order chi connectivity index (χ1) is 23.8. The van der Waals surface area contributed by atoms with Gasteiger partial charge in [0, 0.05) is 29.9 Å². The third-order valence-corrected chi connectivity index (χ3v) is 9.48. The molecule has 1 aliphatic heterocycles. The van der Waals surface area contributed by atoms with Crippen LogP contribution in [-0.2, 0) is 9.59 Å². The molecule has 1 aliphatic carbocycles. The van der Waals surface area contributed by atoms with Gasteiger partial charge in [-0.2, -0.15) is 9.78 Å². The van der Waals surface area contributed by atoms with Crippen molar-refractivity contribution in [1.29, 1.82) is 0 Å². The minimum absolute atomic E-state index is 0.0790. The molecule has 2 heterocycles. The van der Waals surface area contributed by atoms with Crippen molar-refractivity contribution >= 4 is 46.7 Å². The van der Waals surface area contributed by atoms with Crippen molar-refractivity contribution in [1.82, 2.24) is 20.4 Å². The van der Waals surface area contributed by atoms with Gasteiger partial charge in [-0.1, -0.05) is 84.9 Å². The minimum Gasteiger partial charge on any atom is -0.497 e. The number of carbonyl (C=O) groups is 3. The molecule has 2 atom stereocenters. The molecule has 2 unspecified atom stereocenters. The van der Waals surface area contributed by atoms with Crippen molar-refractivity contribution in [3.05, 3.63) is 137 Å². The molecule has 2 aliphatic rings. The Morgan fingerprint density at radius 2 is 1.29 bits per heavy atom. The Morgan fingerprint density at radius 1 is 0.776 bits per heavy atom. The summed E-state index contributed by atoms with van der Waals surface area (Å²) in [4.78, 5) is 43.4. The summed E-state index contributed by atoms with van der Waals surface area (Å²) in [5.41, 5.74) is 3.14. The molecular formula is C39H32N4O5S. The number of methoxy groups -OCH3 is 2. The Labute approximate surface area is 288 Å². The number of amides is 2. The molecule has 1 aromatic heterocycles. The molecule has 1 saturated heterocycles. The van der Waals surface area contributed by atoms with E-state index in [1.807, 2.05) is 91.0 Å². The molecule has 49 heavy (non-hydrogen) atoms. The van der Waals surface area contributed by atoms with Gasteiger partial charge in [0.1, 0.15) is 11.5 Å². The van der Waals surface area contributed by atoms with Crippen LogP contribution >= 0.6 is 12.2 Å². The summed E-state index contributed by atoms with van der Waals surface area (Å²) in [5, 5.41) is 10.6. The number of nitrogens with zero attached hydrogens (tertiary/aromatic N) is 2. The molecule has 0 saturated carbocycles. The molecule has 1 fully saturated rings. The van der Waals surface area contributed by atoms with Gasteiger partial charge < -0.3 is 20.1 Å². The third-order valence-electron chi connectivity index (χ3n) is 9.28. The van der Waals surface area contributed by atoms with E-state index in [0.717, 1.165) is 5.56 Å². The summed E-state index contributed by atoms with van der Waals surface area (Å²) in [7, 11) is 3.15. The number of carbonyl (C=O) groups excluding carboxylic acids is 3. The number of allylic oxidation sites excluding steroid dienone is 1. The SMILES string of the molecule is COc1ccc(C2/C(=C/c3ccccc3)c3nn(C(C)=O)c(-c4ccccc4)c3C(c3ccc(OC)cc3)C23C(=O)NC(=S)NC3=O)cc1. The van der Waals surface area contributed by atoms with Gasteiger partial charge in [0.2, 0.25) is 17.7 Å². The van der Waals surface area contributed by atoms with Crippen LogP contribution in [0.25, 0.3) is 22.9 Å². The highest BCUT2D eigenvalue weighted by Gasteiger charge is 2.65. The second-order valence-corrected chi connectivity index (χ2v) is 12.3. The lowest BCUT2D eigenvalue weighted by atomic mass is 9.52. The van der Waals surface area contributed by atoms with E-state index in [0.29, 0.717) is 50.7 Å². The molecule has 244 valence electrons. The van der Waals surface area contributed by atoms with Gasteiger partial charge in [-0.25, -0.2) is 0 Å². The first kappa shape index (κ1) is 31.7. The van der Waals surface area contributed by atoms with Crippen molar-refractivity contribution in [2.45, 2.75) is 18.8 Å². The monoisotopic (exact) mass is 668 g/mol. The predicted molar refractivity (Wildman–Crippen MR) is 190 cm³/mol. The average Bonchev–Trinajstić information content (AvgIpc) is 3.52. The highest BCUT2D eigenvalue weighted by Crippen LogP contribution is 2.63. The van der Waals surface area contributed by atoms with E-state index in [-0.39, 0.29) is 11.0 Å². The maximum absolute atomic E-state index is 15.0. The van der Waals surface area contributed by atoms with Crippen LogP contribution in [0.2, 0.25) is 0 Å². The van der Waals surface area contributed by atoms with Gasteiger partial charge in [0.15, 0.2) is 10.5 Å². The van der Waals surface area contributed by atoms with Crippen molar-refractivity contribution in [3.8, 4) is 22.8 Å². The largest absolute Gasteiger partial charge is 0.497 e. The summed E-state index contributed by atoms with van der Waals surface area (Å²) < 4.78 is 12.3. The summed E-state index contributed by atoms with van der Waals surface area (Å²) in [6.45, 7) is 1.45. The van der Waals surface area contributed by atoms with Crippen LogP contribution in [0.1, 0.15) is 51.5 Å². The quantitative estimate of drug-likeness (QED) is 0.163. The Balaban J connectivity index is 1.69. The molecule has 9 nitrogen and oxygen atoms in total. The Morgan fingerprint density at radius 3 is 1.80 bits per heavy atom. The normalized spacial score (nSPS) is 18.8. The fraction of sp³-hybridized carbons (Fsp3) is 0.154. The average molecular weight is 669 g/mol. The van der Waals surface area contributed by atoms with Gasteiger partial charge in [0.25, 0.3) is 0 Å². The number of hydrogen-bond donors (Lipinski definition) is 2. The molecule has 5 aromatic rings. The van der Waals surface area contributed by atoms with E-state index in [9.17, 15) is 14.4 Å². The zero-order chi connectivity index (χ0) is 34.3. The van der Waals surface area contributed by atoms with E-state index < -0.39 is 29.1 Å². The number of rotatable bonds is 6. The lowest BCUT2D eigenvalue weighted by Gasteiger charge is -2.49. The van der Waals surface area contributed by atoms with Crippen molar-refractivity contribution < 1.29 is 23.9 Å². The standard InChI is InChI=1S/C39H32N4O5S/c1-23(44)43-35(27-12-8-5-9-13-27)31-33(26-16-20-29(48-3)21-17-26)39(36(45)40-38(49)41-37(39)46)32(25-14-18-28(47-2)19-15-25)30(34(31)42-43)22-24-10-6-4-7-11-24/h4-22,32-33H,1-3H3,(H2,40,41,45,46,49)/b30-22-. The summed E-state index contributed by atoms with van der Waals surface area (Å²) in [6.07, 6.45) is 1.94. The topological polar surface area (TPSA) is 112 Å². The van der Waals surface area contributed by atoms with Gasteiger partial charge in [-0.05, 0) is 64.8 Å². The van der Waals surface area contributed by atoms with Crippen LogP contribution < -0.4 is 20.1 Å². The third kappa shape index (κ3) is 5.21. The fourth-order valence-corrected chi connectivity index (χ4v) is 7.40.